The Morgan fingerprint density at radius 3 is 2.07 bits per heavy atom. The second-order valence-electron chi connectivity index (χ2n) is 10.3. The van der Waals surface area contributed by atoms with Crippen LogP contribution in [-0.4, -0.2) is 30.1 Å². The van der Waals surface area contributed by atoms with Gasteiger partial charge in [0.2, 0.25) is 0 Å². The number of aldehydes is 1. The lowest BCUT2D eigenvalue weighted by Crippen LogP contribution is -2.45. The fraction of sp³-hybridized carbons (Fsp3) is 0.917. The van der Waals surface area contributed by atoms with Crippen molar-refractivity contribution >= 4 is 12.3 Å². The number of ether oxygens (including phenoxy) is 2. The van der Waals surface area contributed by atoms with Gasteiger partial charge in [0, 0.05) is 0 Å². The van der Waals surface area contributed by atoms with Crippen LogP contribution in [0.3, 0.4) is 0 Å². The highest BCUT2D eigenvalue weighted by molar-refractivity contribution is 5.72. The lowest BCUT2D eigenvalue weighted by Gasteiger charge is -2.42. The van der Waals surface area contributed by atoms with E-state index in [0.29, 0.717) is 23.7 Å². The minimum Gasteiger partial charge on any atom is -0.462 e. The normalized spacial score (nSPS) is 44.6. The van der Waals surface area contributed by atoms with Gasteiger partial charge in [-0.2, -0.15) is 0 Å². The molecule has 3 aliphatic carbocycles. The third kappa shape index (κ3) is 5.17. The van der Waals surface area contributed by atoms with Crippen molar-refractivity contribution in [3.05, 3.63) is 0 Å². The molecule has 0 aromatic carbocycles. The van der Waals surface area contributed by atoms with E-state index in [4.69, 9.17) is 9.47 Å². The van der Waals surface area contributed by atoms with Crippen LogP contribution in [0.25, 0.3) is 0 Å². The zero-order chi connectivity index (χ0) is 20.3. The molecule has 3 aliphatic rings. The molecule has 4 nitrogen and oxygen atoms in total. The highest BCUT2D eigenvalue weighted by Gasteiger charge is 2.41. The van der Waals surface area contributed by atoms with Crippen LogP contribution in [0.1, 0.15) is 91.9 Å². The summed E-state index contributed by atoms with van der Waals surface area (Å²) in [6.07, 6.45) is 10.5. The smallest absolute Gasteiger partial charge is 0.309 e. The second kappa shape index (κ2) is 9.28. The summed E-state index contributed by atoms with van der Waals surface area (Å²) in [6.45, 7) is 9.04. The lowest BCUT2D eigenvalue weighted by molar-refractivity contribution is -0.167. The van der Waals surface area contributed by atoms with Gasteiger partial charge in [0.05, 0.1) is 12.0 Å². The molecule has 6 atom stereocenters. The first-order valence-electron chi connectivity index (χ1n) is 11.7. The Morgan fingerprint density at radius 2 is 1.46 bits per heavy atom. The molecule has 0 aromatic heterocycles. The molecule has 0 saturated heterocycles. The van der Waals surface area contributed by atoms with E-state index < -0.39 is 5.60 Å². The van der Waals surface area contributed by atoms with Crippen LogP contribution in [-0.2, 0) is 19.1 Å². The summed E-state index contributed by atoms with van der Waals surface area (Å²) in [7, 11) is 0. The van der Waals surface area contributed by atoms with E-state index in [1.165, 1.54) is 0 Å². The van der Waals surface area contributed by atoms with Gasteiger partial charge in [0.25, 0.3) is 0 Å². The number of esters is 1. The Morgan fingerprint density at radius 1 is 0.821 bits per heavy atom. The largest absolute Gasteiger partial charge is 0.462 e. The van der Waals surface area contributed by atoms with Gasteiger partial charge in [-0.3, -0.25) is 4.79 Å². The fourth-order valence-electron chi connectivity index (χ4n) is 5.47. The van der Waals surface area contributed by atoms with E-state index in [1.807, 2.05) is 0 Å². The van der Waals surface area contributed by atoms with Crippen LogP contribution in [0.2, 0.25) is 0 Å². The molecule has 0 radical (unpaired) electrons. The maximum absolute atomic E-state index is 12.6. The van der Waals surface area contributed by atoms with Gasteiger partial charge < -0.3 is 14.3 Å². The zero-order valence-corrected chi connectivity index (χ0v) is 18.3. The van der Waals surface area contributed by atoms with Crippen LogP contribution in [0.5, 0.6) is 0 Å². The van der Waals surface area contributed by atoms with Gasteiger partial charge in [0.15, 0.2) is 6.29 Å². The Kier molecular flexibility index (Phi) is 7.22. The van der Waals surface area contributed by atoms with Crippen LogP contribution in [0, 0.1) is 29.6 Å². The molecular weight excluding hydrogens is 352 g/mol. The minimum absolute atomic E-state index is 0.0163. The molecule has 0 spiro atoms. The summed E-state index contributed by atoms with van der Waals surface area (Å²) in [4.78, 5) is 24.4. The molecule has 0 heterocycles. The average Bonchev–Trinajstić information content (AvgIpc) is 2.68. The van der Waals surface area contributed by atoms with Gasteiger partial charge >= 0.3 is 5.97 Å². The van der Waals surface area contributed by atoms with Crippen molar-refractivity contribution in [3.8, 4) is 0 Å². The van der Waals surface area contributed by atoms with Crippen LogP contribution in [0.15, 0.2) is 0 Å². The number of carbonyl (C=O) groups is 2. The van der Waals surface area contributed by atoms with Crippen LogP contribution < -0.4 is 0 Å². The van der Waals surface area contributed by atoms with E-state index in [9.17, 15) is 9.59 Å². The van der Waals surface area contributed by atoms with E-state index in [0.717, 1.165) is 70.5 Å². The molecule has 28 heavy (non-hydrogen) atoms. The van der Waals surface area contributed by atoms with Gasteiger partial charge in [-0.15, -0.1) is 0 Å². The lowest BCUT2D eigenvalue weighted by atomic mass is 9.73. The summed E-state index contributed by atoms with van der Waals surface area (Å²) in [6, 6.07) is 0. The quantitative estimate of drug-likeness (QED) is 0.469. The van der Waals surface area contributed by atoms with Crippen molar-refractivity contribution < 1.29 is 19.1 Å². The van der Waals surface area contributed by atoms with Crippen molar-refractivity contribution in [1.82, 2.24) is 0 Å². The Labute approximate surface area is 171 Å². The number of rotatable bonds is 5. The topological polar surface area (TPSA) is 52.6 Å². The van der Waals surface area contributed by atoms with Gasteiger partial charge in [0.1, 0.15) is 11.7 Å². The Balaban J connectivity index is 1.44. The highest BCUT2D eigenvalue weighted by atomic mass is 16.5. The summed E-state index contributed by atoms with van der Waals surface area (Å²) < 4.78 is 12.2. The predicted octanol–water partition coefficient (Wildman–Crippen LogP) is 5.32. The second-order valence-corrected chi connectivity index (χ2v) is 10.3. The van der Waals surface area contributed by atoms with Crippen molar-refractivity contribution in [2.75, 3.05) is 0 Å². The predicted molar refractivity (Wildman–Crippen MR) is 110 cm³/mol. The summed E-state index contributed by atoms with van der Waals surface area (Å²) >= 11 is 0. The molecule has 6 unspecified atom stereocenters. The van der Waals surface area contributed by atoms with Gasteiger partial charge in [-0.25, -0.2) is 0 Å². The van der Waals surface area contributed by atoms with Crippen LogP contribution >= 0.6 is 0 Å². The van der Waals surface area contributed by atoms with E-state index in [2.05, 4.69) is 27.7 Å². The SMILES string of the molecule is CC1CCC(C(=O)OC2CCC(OC3(C=O)CCC(C)C(C)C3)CC2)CC1C. The molecule has 0 bridgehead atoms. The third-order valence-electron chi connectivity index (χ3n) is 8.11. The van der Waals surface area contributed by atoms with Crippen molar-refractivity contribution in [3.63, 3.8) is 0 Å². The standard InChI is InChI=1S/C24H40O4/c1-16-5-6-20(13-18(16)3)23(26)27-21-7-9-22(10-8-21)28-24(15-25)12-11-17(2)19(4)14-24/h15-22H,5-14H2,1-4H3. The van der Waals surface area contributed by atoms with E-state index in [1.54, 1.807) is 0 Å². The molecule has 3 saturated carbocycles. The maximum atomic E-state index is 12.6. The van der Waals surface area contributed by atoms with Gasteiger partial charge in [-0.1, -0.05) is 27.7 Å². The van der Waals surface area contributed by atoms with Gasteiger partial charge in [-0.05, 0) is 87.9 Å². The zero-order valence-electron chi connectivity index (χ0n) is 18.3. The molecule has 0 amide bonds. The first-order chi connectivity index (χ1) is 13.3. The molecule has 0 aromatic rings. The molecule has 0 N–H and O–H groups in total. The van der Waals surface area contributed by atoms with E-state index in [-0.39, 0.29) is 24.1 Å². The summed E-state index contributed by atoms with van der Waals surface area (Å²) in [5.41, 5.74) is -0.588. The summed E-state index contributed by atoms with van der Waals surface area (Å²) in [5, 5.41) is 0. The van der Waals surface area contributed by atoms with E-state index >= 15 is 0 Å². The molecule has 3 fully saturated rings. The van der Waals surface area contributed by atoms with Crippen molar-refractivity contribution in [2.45, 2.75) is 110 Å². The molecule has 0 aliphatic heterocycles. The minimum atomic E-state index is -0.588. The number of carbonyl (C=O) groups excluding carboxylic acids is 2. The average molecular weight is 393 g/mol. The summed E-state index contributed by atoms with van der Waals surface area (Å²) in [5.74, 6) is 2.61. The van der Waals surface area contributed by atoms with Crippen molar-refractivity contribution in [2.24, 2.45) is 29.6 Å². The molecule has 3 rings (SSSR count). The maximum Gasteiger partial charge on any atom is 0.309 e. The van der Waals surface area contributed by atoms with Crippen LogP contribution in [0.4, 0.5) is 0 Å². The Hall–Kier alpha value is -0.900. The van der Waals surface area contributed by atoms with Crippen molar-refractivity contribution in [1.29, 1.82) is 0 Å². The fourth-order valence-corrected chi connectivity index (χ4v) is 5.47. The molecular formula is C24H40O4. The first-order valence-corrected chi connectivity index (χ1v) is 11.7. The highest BCUT2D eigenvalue weighted by Crippen LogP contribution is 2.40. The monoisotopic (exact) mass is 392 g/mol. The molecule has 160 valence electrons. The Bertz CT molecular complexity index is 539. The third-order valence-corrected chi connectivity index (χ3v) is 8.11. The number of hydrogen-bond acceptors (Lipinski definition) is 4. The first kappa shape index (κ1) is 21.8. The molecule has 4 heteroatoms. The number of hydrogen-bond donors (Lipinski definition) is 0.